The molecule has 1 saturated heterocycles. The van der Waals surface area contributed by atoms with E-state index in [0.29, 0.717) is 30.4 Å². The average molecular weight is 452 g/mol. The van der Waals surface area contributed by atoms with Crippen LogP contribution in [0.25, 0.3) is 0 Å². The van der Waals surface area contributed by atoms with Crippen LogP contribution in [-0.2, 0) is 6.42 Å². The van der Waals surface area contributed by atoms with Gasteiger partial charge in [-0.1, -0.05) is 32.6 Å². The third-order valence-electron chi connectivity index (χ3n) is 7.77. The molecule has 3 atom stereocenters. The highest BCUT2D eigenvalue weighted by atomic mass is 16.5. The minimum Gasteiger partial charge on any atom is -0.508 e. The predicted molar refractivity (Wildman–Crippen MR) is 136 cm³/mol. The summed E-state index contributed by atoms with van der Waals surface area (Å²) < 4.78 is 5.99. The molecule has 0 bridgehead atoms. The number of likely N-dealkylation sites (N-methyl/N-ethyl adjacent to an activating group) is 1. The predicted octanol–water partition coefficient (Wildman–Crippen LogP) is 5.33. The van der Waals surface area contributed by atoms with E-state index in [2.05, 4.69) is 74.3 Å². The highest BCUT2D eigenvalue weighted by molar-refractivity contribution is 5.94. The molecule has 5 heteroatoms. The molecule has 0 saturated carbocycles. The molecule has 3 aliphatic heterocycles. The van der Waals surface area contributed by atoms with Crippen LogP contribution < -0.4 is 4.74 Å². The van der Waals surface area contributed by atoms with Crippen LogP contribution in [0.4, 0.5) is 0 Å². The van der Waals surface area contributed by atoms with E-state index in [1.165, 1.54) is 24.0 Å². The molecule has 1 N–H and O–H groups in total. The molecule has 33 heavy (non-hydrogen) atoms. The number of aliphatic hydroxyl groups excluding tert-OH is 1. The molecule has 0 radical (unpaired) electrons. The van der Waals surface area contributed by atoms with Crippen LogP contribution in [-0.4, -0.2) is 65.5 Å². The lowest BCUT2D eigenvalue weighted by atomic mass is 9.85. The lowest BCUT2D eigenvalue weighted by molar-refractivity contribution is 0.122. The zero-order valence-electron chi connectivity index (χ0n) is 21.1. The summed E-state index contributed by atoms with van der Waals surface area (Å²) in [5.74, 6) is 2.34. The molecule has 3 heterocycles. The number of benzene rings is 1. The molecule has 1 aromatic carbocycles. The summed E-state index contributed by atoms with van der Waals surface area (Å²) in [4.78, 5) is 9.77. The van der Waals surface area contributed by atoms with Gasteiger partial charge in [-0.3, -0.25) is 9.89 Å². The Bertz CT molecular complexity index is 927. The summed E-state index contributed by atoms with van der Waals surface area (Å²) in [5, 5.41) is 9.76. The van der Waals surface area contributed by atoms with Crippen LogP contribution in [0.5, 0.6) is 5.75 Å². The molecule has 0 spiro atoms. The fourth-order valence-corrected chi connectivity index (χ4v) is 5.94. The number of allylic oxidation sites excluding steroid dienone is 1. The second-order valence-electron chi connectivity index (χ2n) is 10.6. The standard InChI is InChI=1S/C28H41N3O2/c1-18(2)28(26-15-23(16-29-26)21(5)32)30(6)19(3)17-31-12-10-22(11-13-31)24-8-7-9-27-25(24)14-20(4)33-27/h7-9,16,18-20,22,28,32H,5,10-15,17H2,1-4,6H3. The van der Waals surface area contributed by atoms with Crippen molar-refractivity contribution in [2.75, 3.05) is 26.7 Å². The third kappa shape index (κ3) is 5.20. The van der Waals surface area contributed by atoms with Crippen molar-refractivity contribution in [2.45, 2.75) is 77.5 Å². The molecule has 0 aromatic heterocycles. The van der Waals surface area contributed by atoms with E-state index < -0.39 is 0 Å². The van der Waals surface area contributed by atoms with Crippen molar-refractivity contribution in [1.82, 2.24) is 9.80 Å². The van der Waals surface area contributed by atoms with E-state index >= 15 is 0 Å². The maximum atomic E-state index is 9.76. The van der Waals surface area contributed by atoms with E-state index in [-0.39, 0.29) is 11.8 Å². The first kappa shape index (κ1) is 24.0. The summed E-state index contributed by atoms with van der Waals surface area (Å²) >= 11 is 0. The van der Waals surface area contributed by atoms with Gasteiger partial charge in [0.25, 0.3) is 0 Å². The van der Waals surface area contributed by atoms with Gasteiger partial charge in [-0.05, 0) is 70.3 Å². The molecule has 0 amide bonds. The van der Waals surface area contributed by atoms with Crippen LogP contribution >= 0.6 is 0 Å². The first-order chi connectivity index (χ1) is 15.7. The molecular weight excluding hydrogens is 410 g/mol. The fraction of sp³-hybridized carbons (Fsp3) is 0.607. The van der Waals surface area contributed by atoms with Gasteiger partial charge in [-0.2, -0.15) is 0 Å². The summed E-state index contributed by atoms with van der Waals surface area (Å²) in [7, 11) is 2.23. The van der Waals surface area contributed by atoms with Crippen LogP contribution in [0.1, 0.15) is 64.0 Å². The lowest BCUT2D eigenvalue weighted by Crippen LogP contribution is -2.51. The average Bonchev–Trinajstić information content (AvgIpc) is 3.40. The number of likely N-dealkylation sites (tertiary alicyclic amines) is 1. The summed E-state index contributed by atoms with van der Waals surface area (Å²) in [6.45, 7) is 16.1. The minimum absolute atomic E-state index is 0.139. The SMILES string of the molecule is C=C(O)C1=CN=C(C(C(C)C)N(C)C(C)CN2CCC(c3cccc4c3CC(C)O4)CC2)C1. The number of aliphatic imine (C=N–C) groups is 1. The van der Waals surface area contributed by atoms with Gasteiger partial charge in [0.15, 0.2) is 0 Å². The fourth-order valence-electron chi connectivity index (χ4n) is 5.94. The van der Waals surface area contributed by atoms with Crippen molar-refractivity contribution < 1.29 is 9.84 Å². The number of piperidine rings is 1. The van der Waals surface area contributed by atoms with Crippen molar-refractivity contribution in [3.8, 4) is 5.75 Å². The smallest absolute Gasteiger partial charge is 0.123 e. The monoisotopic (exact) mass is 451 g/mol. The number of fused-ring (bicyclic) bond motifs is 1. The van der Waals surface area contributed by atoms with E-state index in [0.717, 1.165) is 43.1 Å². The van der Waals surface area contributed by atoms with Crippen LogP contribution in [0.15, 0.2) is 47.3 Å². The Kier molecular flexibility index (Phi) is 7.30. The van der Waals surface area contributed by atoms with Gasteiger partial charge in [0.2, 0.25) is 0 Å². The van der Waals surface area contributed by atoms with Gasteiger partial charge in [-0.15, -0.1) is 0 Å². The van der Waals surface area contributed by atoms with E-state index in [9.17, 15) is 5.11 Å². The van der Waals surface area contributed by atoms with E-state index in [1.807, 2.05) is 0 Å². The lowest BCUT2D eigenvalue weighted by Gasteiger charge is -2.40. The van der Waals surface area contributed by atoms with Crippen LogP contribution in [0, 0.1) is 5.92 Å². The maximum absolute atomic E-state index is 9.76. The van der Waals surface area contributed by atoms with Gasteiger partial charge in [0.1, 0.15) is 17.6 Å². The second kappa shape index (κ2) is 10.0. The second-order valence-corrected chi connectivity index (χ2v) is 10.6. The zero-order chi connectivity index (χ0) is 23.7. The maximum Gasteiger partial charge on any atom is 0.123 e. The van der Waals surface area contributed by atoms with Gasteiger partial charge < -0.3 is 14.7 Å². The quantitative estimate of drug-likeness (QED) is 0.543. The number of nitrogens with zero attached hydrogens (tertiary/aromatic N) is 3. The number of rotatable bonds is 8. The van der Waals surface area contributed by atoms with Gasteiger partial charge in [0, 0.05) is 48.5 Å². The third-order valence-corrected chi connectivity index (χ3v) is 7.77. The molecular formula is C28H41N3O2. The first-order valence-corrected chi connectivity index (χ1v) is 12.6. The van der Waals surface area contributed by atoms with E-state index in [4.69, 9.17) is 4.74 Å². The molecule has 180 valence electrons. The van der Waals surface area contributed by atoms with Crippen molar-refractivity contribution in [3.63, 3.8) is 0 Å². The Balaban J connectivity index is 1.33. The summed E-state index contributed by atoms with van der Waals surface area (Å²) in [6.07, 6.45) is 6.26. The molecule has 4 rings (SSSR count). The van der Waals surface area contributed by atoms with Crippen LogP contribution in [0.3, 0.4) is 0 Å². The Morgan fingerprint density at radius 3 is 2.64 bits per heavy atom. The molecule has 0 aliphatic carbocycles. The molecule has 1 fully saturated rings. The number of hydrogen-bond acceptors (Lipinski definition) is 5. The largest absolute Gasteiger partial charge is 0.508 e. The normalized spacial score (nSPS) is 23.3. The van der Waals surface area contributed by atoms with Crippen molar-refractivity contribution in [1.29, 1.82) is 0 Å². The topological polar surface area (TPSA) is 48.3 Å². The van der Waals surface area contributed by atoms with Gasteiger partial charge in [-0.25, -0.2) is 0 Å². The van der Waals surface area contributed by atoms with Crippen molar-refractivity contribution in [3.05, 3.63) is 53.4 Å². The van der Waals surface area contributed by atoms with Gasteiger partial charge in [0.05, 0.1) is 6.04 Å². The Labute approximate surface area is 199 Å². The van der Waals surface area contributed by atoms with Gasteiger partial charge >= 0.3 is 0 Å². The highest BCUT2D eigenvalue weighted by Gasteiger charge is 2.32. The Morgan fingerprint density at radius 1 is 1.27 bits per heavy atom. The molecule has 3 unspecified atom stereocenters. The number of ether oxygens (including phenoxy) is 1. The summed E-state index contributed by atoms with van der Waals surface area (Å²) in [5.41, 5.74) is 4.95. The summed E-state index contributed by atoms with van der Waals surface area (Å²) in [6, 6.07) is 7.31. The molecule has 3 aliphatic rings. The minimum atomic E-state index is 0.139. The zero-order valence-corrected chi connectivity index (χ0v) is 21.1. The van der Waals surface area contributed by atoms with E-state index in [1.54, 1.807) is 6.20 Å². The first-order valence-electron chi connectivity index (χ1n) is 12.6. The number of hydrogen-bond donors (Lipinski definition) is 1. The van der Waals surface area contributed by atoms with Crippen molar-refractivity contribution >= 4 is 5.71 Å². The Morgan fingerprint density at radius 2 is 2.00 bits per heavy atom. The molecule has 1 aromatic rings. The number of aliphatic hydroxyl groups is 1. The molecule has 5 nitrogen and oxygen atoms in total. The van der Waals surface area contributed by atoms with Crippen molar-refractivity contribution in [2.24, 2.45) is 10.9 Å². The Hall–Kier alpha value is -2.11. The van der Waals surface area contributed by atoms with Crippen LogP contribution in [0.2, 0.25) is 0 Å². The highest BCUT2D eigenvalue weighted by Crippen LogP contribution is 2.38.